The van der Waals surface area contributed by atoms with Crippen molar-refractivity contribution in [3.05, 3.63) is 58.9 Å². The zero-order chi connectivity index (χ0) is 14.7. The van der Waals surface area contributed by atoms with Crippen molar-refractivity contribution < 1.29 is 0 Å². The predicted molar refractivity (Wildman–Crippen MR) is 88.7 cm³/mol. The Morgan fingerprint density at radius 3 is 2.71 bits per heavy atom. The fraction of sp³-hybridized carbons (Fsp3) is 0.474. The molecule has 112 valence electrons. The van der Waals surface area contributed by atoms with Gasteiger partial charge in [-0.2, -0.15) is 0 Å². The third kappa shape index (κ3) is 3.38. The van der Waals surface area contributed by atoms with Crippen LogP contribution >= 0.6 is 0 Å². The van der Waals surface area contributed by atoms with E-state index in [4.69, 9.17) is 0 Å². The van der Waals surface area contributed by atoms with Crippen molar-refractivity contribution in [1.29, 1.82) is 0 Å². The van der Waals surface area contributed by atoms with Gasteiger partial charge in [-0.25, -0.2) is 0 Å². The minimum atomic E-state index is 0.548. The van der Waals surface area contributed by atoms with E-state index in [1.54, 1.807) is 5.56 Å². The highest BCUT2D eigenvalue weighted by Crippen LogP contribution is 2.29. The number of fused-ring (bicyclic) bond motifs is 1. The molecule has 0 saturated carbocycles. The van der Waals surface area contributed by atoms with Crippen LogP contribution in [-0.4, -0.2) is 11.1 Å². The molecular weight excluding hydrogens is 256 g/mol. The van der Waals surface area contributed by atoms with Crippen LogP contribution in [0.3, 0.4) is 0 Å². The first-order valence-electron chi connectivity index (χ1n) is 8.23. The number of nitrogens with one attached hydrogen (secondary N) is 1. The van der Waals surface area contributed by atoms with Crippen LogP contribution in [-0.2, 0) is 13.0 Å². The van der Waals surface area contributed by atoms with E-state index < -0.39 is 0 Å². The van der Waals surface area contributed by atoms with Crippen LogP contribution < -0.4 is 5.32 Å². The Bertz CT molecular complexity index is 580. The first kappa shape index (κ1) is 14.4. The van der Waals surface area contributed by atoms with Gasteiger partial charge in [0.25, 0.3) is 0 Å². The summed E-state index contributed by atoms with van der Waals surface area (Å²) in [4.78, 5) is 0. The summed E-state index contributed by atoms with van der Waals surface area (Å²) in [7, 11) is 0. The standard InChI is InChI=1S/C19H26N2/c1-3-20-19-7-5-4-6-17-13-21(14-18(17)19)12-16-10-8-15(2)9-11-16/h8-11,13-14,19-20H,3-7,12H2,1-2H3. The fourth-order valence-corrected chi connectivity index (χ4v) is 3.37. The van der Waals surface area contributed by atoms with E-state index in [2.05, 4.69) is 60.4 Å². The highest BCUT2D eigenvalue weighted by molar-refractivity contribution is 5.30. The molecule has 3 rings (SSSR count). The summed E-state index contributed by atoms with van der Waals surface area (Å²) in [5.74, 6) is 0. The Balaban J connectivity index is 1.81. The van der Waals surface area contributed by atoms with Gasteiger partial charge in [-0.3, -0.25) is 0 Å². The summed E-state index contributed by atoms with van der Waals surface area (Å²) < 4.78 is 2.37. The Hall–Kier alpha value is -1.54. The van der Waals surface area contributed by atoms with Crippen LogP contribution in [0.1, 0.15) is 54.5 Å². The van der Waals surface area contributed by atoms with Crippen LogP contribution in [0.2, 0.25) is 0 Å². The Labute approximate surface area is 128 Å². The highest BCUT2D eigenvalue weighted by Gasteiger charge is 2.19. The first-order valence-corrected chi connectivity index (χ1v) is 8.23. The number of nitrogens with zero attached hydrogens (tertiary/aromatic N) is 1. The first-order chi connectivity index (χ1) is 10.3. The van der Waals surface area contributed by atoms with Gasteiger partial charge in [0.05, 0.1) is 0 Å². The topological polar surface area (TPSA) is 17.0 Å². The van der Waals surface area contributed by atoms with Gasteiger partial charge in [0, 0.05) is 25.0 Å². The minimum absolute atomic E-state index is 0.548. The molecule has 0 amide bonds. The van der Waals surface area contributed by atoms with Gasteiger partial charge in [-0.1, -0.05) is 43.2 Å². The van der Waals surface area contributed by atoms with Gasteiger partial charge in [0.1, 0.15) is 0 Å². The number of benzene rings is 1. The summed E-state index contributed by atoms with van der Waals surface area (Å²) in [5.41, 5.74) is 5.78. The molecule has 21 heavy (non-hydrogen) atoms. The van der Waals surface area contributed by atoms with Crippen LogP contribution in [0.15, 0.2) is 36.7 Å². The van der Waals surface area contributed by atoms with E-state index in [1.807, 2.05) is 0 Å². The van der Waals surface area contributed by atoms with Crippen LogP contribution in [0.4, 0.5) is 0 Å². The second-order valence-corrected chi connectivity index (χ2v) is 6.25. The van der Waals surface area contributed by atoms with Crippen LogP contribution in [0.5, 0.6) is 0 Å². The average Bonchev–Trinajstić information content (AvgIpc) is 2.79. The number of rotatable bonds is 4. The van der Waals surface area contributed by atoms with Crippen molar-refractivity contribution in [1.82, 2.24) is 9.88 Å². The van der Waals surface area contributed by atoms with Crippen molar-refractivity contribution in [2.24, 2.45) is 0 Å². The maximum atomic E-state index is 3.65. The molecule has 1 unspecified atom stereocenters. The van der Waals surface area contributed by atoms with Crippen LogP contribution in [0, 0.1) is 6.92 Å². The number of hydrogen-bond acceptors (Lipinski definition) is 1. The molecule has 0 saturated heterocycles. The average molecular weight is 282 g/mol. The molecule has 1 N–H and O–H groups in total. The van der Waals surface area contributed by atoms with E-state index in [-0.39, 0.29) is 0 Å². The van der Waals surface area contributed by atoms with E-state index in [1.165, 1.54) is 42.4 Å². The molecule has 1 aliphatic carbocycles. The molecular formula is C19H26N2. The fourth-order valence-electron chi connectivity index (χ4n) is 3.37. The van der Waals surface area contributed by atoms with E-state index >= 15 is 0 Å². The third-order valence-electron chi connectivity index (χ3n) is 4.50. The maximum absolute atomic E-state index is 3.65. The van der Waals surface area contributed by atoms with Gasteiger partial charge < -0.3 is 9.88 Å². The molecule has 0 spiro atoms. The maximum Gasteiger partial charge on any atom is 0.0470 e. The zero-order valence-electron chi connectivity index (χ0n) is 13.2. The van der Waals surface area contributed by atoms with E-state index in [0.29, 0.717) is 6.04 Å². The summed E-state index contributed by atoms with van der Waals surface area (Å²) in [6, 6.07) is 9.42. The van der Waals surface area contributed by atoms with Crippen molar-refractivity contribution in [2.45, 2.75) is 52.1 Å². The lowest BCUT2D eigenvalue weighted by atomic mass is 10.0. The lowest BCUT2D eigenvalue weighted by Gasteiger charge is -2.15. The molecule has 1 aromatic carbocycles. The molecule has 2 aromatic rings. The zero-order valence-corrected chi connectivity index (χ0v) is 13.2. The monoisotopic (exact) mass is 282 g/mol. The molecule has 0 fully saturated rings. The molecule has 1 heterocycles. The van der Waals surface area contributed by atoms with Crippen molar-refractivity contribution >= 4 is 0 Å². The Kier molecular flexibility index (Phi) is 4.45. The SMILES string of the molecule is CCNC1CCCCc2cn(Cc3ccc(C)cc3)cc21. The summed E-state index contributed by atoms with van der Waals surface area (Å²) in [5, 5.41) is 3.65. The second kappa shape index (κ2) is 6.48. The Morgan fingerprint density at radius 2 is 1.95 bits per heavy atom. The van der Waals surface area contributed by atoms with Gasteiger partial charge in [-0.15, -0.1) is 0 Å². The summed E-state index contributed by atoms with van der Waals surface area (Å²) in [6.07, 6.45) is 9.90. The largest absolute Gasteiger partial charge is 0.349 e. The minimum Gasteiger partial charge on any atom is -0.349 e. The van der Waals surface area contributed by atoms with Gasteiger partial charge in [-0.05, 0) is 49.4 Å². The number of aryl methyl sites for hydroxylation is 2. The van der Waals surface area contributed by atoms with Crippen LogP contribution in [0.25, 0.3) is 0 Å². The summed E-state index contributed by atoms with van der Waals surface area (Å²) >= 11 is 0. The molecule has 1 atom stereocenters. The smallest absolute Gasteiger partial charge is 0.0470 e. The molecule has 2 nitrogen and oxygen atoms in total. The lowest BCUT2D eigenvalue weighted by Crippen LogP contribution is -2.20. The molecule has 0 radical (unpaired) electrons. The highest BCUT2D eigenvalue weighted by atomic mass is 15.0. The lowest BCUT2D eigenvalue weighted by molar-refractivity contribution is 0.502. The normalized spacial score (nSPS) is 18.3. The van der Waals surface area contributed by atoms with Crippen molar-refractivity contribution in [3.63, 3.8) is 0 Å². The van der Waals surface area contributed by atoms with Crippen molar-refractivity contribution in [2.75, 3.05) is 6.54 Å². The number of aromatic nitrogens is 1. The molecule has 1 aliphatic rings. The molecule has 0 aliphatic heterocycles. The summed E-state index contributed by atoms with van der Waals surface area (Å²) in [6.45, 7) is 6.37. The van der Waals surface area contributed by atoms with Gasteiger partial charge >= 0.3 is 0 Å². The third-order valence-corrected chi connectivity index (χ3v) is 4.50. The molecule has 0 bridgehead atoms. The second-order valence-electron chi connectivity index (χ2n) is 6.25. The molecule has 1 aromatic heterocycles. The number of hydrogen-bond donors (Lipinski definition) is 1. The Morgan fingerprint density at radius 1 is 1.14 bits per heavy atom. The van der Waals surface area contributed by atoms with Gasteiger partial charge in [0.2, 0.25) is 0 Å². The van der Waals surface area contributed by atoms with Gasteiger partial charge in [0.15, 0.2) is 0 Å². The van der Waals surface area contributed by atoms with E-state index in [9.17, 15) is 0 Å². The predicted octanol–water partition coefficient (Wildman–Crippen LogP) is 4.22. The quantitative estimate of drug-likeness (QED) is 0.831. The van der Waals surface area contributed by atoms with E-state index in [0.717, 1.165) is 13.1 Å². The molecule has 2 heteroatoms. The van der Waals surface area contributed by atoms with Crippen molar-refractivity contribution in [3.8, 4) is 0 Å².